The van der Waals surface area contributed by atoms with Crippen LogP contribution in [0.5, 0.6) is 5.75 Å². The number of rotatable bonds is 6. The van der Waals surface area contributed by atoms with Crippen LogP contribution in [0, 0.1) is 5.92 Å². The van der Waals surface area contributed by atoms with Crippen LogP contribution in [0.1, 0.15) is 35.2 Å². The van der Waals surface area contributed by atoms with Gasteiger partial charge in [0.05, 0.1) is 23.3 Å². The third-order valence-electron chi connectivity index (χ3n) is 5.59. The number of benzene rings is 2. The van der Waals surface area contributed by atoms with Gasteiger partial charge in [-0.05, 0) is 63.2 Å². The second-order valence-corrected chi connectivity index (χ2v) is 8.30. The molecular weight excluding hydrogens is 390 g/mol. The van der Waals surface area contributed by atoms with Gasteiger partial charge < -0.3 is 19.5 Å². The lowest BCUT2D eigenvalue weighted by Crippen LogP contribution is -2.47. The minimum absolute atomic E-state index is 0.0950. The SMILES string of the molecule is COc1cccc(C2(O)CCC(OC(=O)c3ccccc3Cl)CC2CN(C)C)c1. The van der Waals surface area contributed by atoms with Gasteiger partial charge in [0.15, 0.2) is 0 Å². The molecule has 2 aromatic carbocycles. The van der Waals surface area contributed by atoms with Crippen LogP contribution in [0.4, 0.5) is 0 Å². The number of ether oxygens (including phenoxy) is 2. The first kappa shape index (κ1) is 21.6. The molecule has 3 rings (SSSR count). The molecule has 0 amide bonds. The first-order chi connectivity index (χ1) is 13.8. The fourth-order valence-corrected chi connectivity index (χ4v) is 4.32. The van der Waals surface area contributed by atoms with E-state index in [9.17, 15) is 9.90 Å². The number of esters is 1. The number of nitrogens with zero attached hydrogens (tertiary/aromatic N) is 1. The van der Waals surface area contributed by atoms with Gasteiger partial charge in [0.2, 0.25) is 0 Å². The Morgan fingerprint density at radius 3 is 2.69 bits per heavy atom. The van der Waals surface area contributed by atoms with Gasteiger partial charge in [-0.25, -0.2) is 4.79 Å². The van der Waals surface area contributed by atoms with Crippen molar-refractivity contribution in [2.24, 2.45) is 5.92 Å². The van der Waals surface area contributed by atoms with E-state index in [-0.39, 0.29) is 12.0 Å². The summed E-state index contributed by atoms with van der Waals surface area (Å²) in [5, 5.41) is 12.0. The molecule has 29 heavy (non-hydrogen) atoms. The fraction of sp³-hybridized carbons (Fsp3) is 0.435. The van der Waals surface area contributed by atoms with Crippen LogP contribution in [0.3, 0.4) is 0 Å². The summed E-state index contributed by atoms with van der Waals surface area (Å²) >= 11 is 6.13. The van der Waals surface area contributed by atoms with E-state index in [0.717, 1.165) is 5.56 Å². The van der Waals surface area contributed by atoms with Crippen molar-refractivity contribution in [3.63, 3.8) is 0 Å². The van der Waals surface area contributed by atoms with Crippen molar-refractivity contribution in [3.8, 4) is 5.75 Å². The van der Waals surface area contributed by atoms with E-state index in [1.807, 2.05) is 43.3 Å². The molecule has 1 fully saturated rings. The third-order valence-corrected chi connectivity index (χ3v) is 5.92. The Balaban J connectivity index is 1.79. The standard InChI is InChI=1S/C23H28ClNO4/c1-25(2)15-17-14-19(29-22(26)20-9-4-5-10-21(20)24)11-12-23(17,27)16-7-6-8-18(13-16)28-3/h4-10,13,17,19,27H,11-12,14-15H2,1-3H3. The second-order valence-electron chi connectivity index (χ2n) is 7.90. The normalized spacial score (nSPS) is 24.3. The van der Waals surface area contributed by atoms with Crippen LogP contribution >= 0.6 is 11.6 Å². The van der Waals surface area contributed by atoms with Crippen LogP contribution in [-0.2, 0) is 10.3 Å². The van der Waals surface area contributed by atoms with Crippen LogP contribution < -0.4 is 4.74 Å². The van der Waals surface area contributed by atoms with Crippen molar-refractivity contribution in [1.82, 2.24) is 4.90 Å². The van der Waals surface area contributed by atoms with Gasteiger partial charge in [-0.15, -0.1) is 0 Å². The zero-order valence-electron chi connectivity index (χ0n) is 17.1. The van der Waals surface area contributed by atoms with E-state index in [2.05, 4.69) is 0 Å². The van der Waals surface area contributed by atoms with Crippen LogP contribution in [-0.4, -0.2) is 49.8 Å². The zero-order valence-corrected chi connectivity index (χ0v) is 17.9. The highest BCUT2D eigenvalue weighted by Crippen LogP contribution is 2.44. The Hall–Kier alpha value is -2.08. The van der Waals surface area contributed by atoms with Gasteiger partial charge in [-0.1, -0.05) is 35.9 Å². The third kappa shape index (κ3) is 4.92. The summed E-state index contributed by atoms with van der Waals surface area (Å²) in [6, 6.07) is 14.5. The van der Waals surface area contributed by atoms with Gasteiger partial charge in [-0.3, -0.25) is 0 Å². The van der Waals surface area contributed by atoms with E-state index in [4.69, 9.17) is 21.1 Å². The molecule has 0 radical (unpaired) electrons. The summed E-state index contributed by atoms with van der Waals surface area (Å²) in [5.74, 6) is 0.199. The number of halogens is 1. The Labute approximate surface area is 177 Å². The van der Waals surface area contributed by atoms with Gasteiger partial charge in [-0.2, -0.15) is 0 Å². The summed E-state index contributed by atoms with van der Waals surface area (Å²) in [6.07, 6.45) is 1.38. The van der Waals surface area contributed by atoms with Gasteiger partial charge in [0, 0.05) is 12.5 Å². The number of carbonyl (C=O) groups is 1. The quantitative estimate of drug-likeness (QED) is 0.716. The monoisotopic (exact) mass is 417 g/mol. The minimum atomic E-state index is -1.01. The largest absolute Gasteiger partial charge is 0.497 e. The molecule has 0 spiro atoms. The molecule has 1 saturated carbocycles. The highest BCUT2D eigenvalue weighted by atomic mass is 35.5. The highest BCUT2D eigenvalue weighted by molar-refractivity contribution is 6.33. The summed E-state index contributed by atoms with van der Waals surface area (Å²) in [6.45, 7) is 0.674. The molecule has 1 aliphatic rings. The van der Waals surface area contributed by atoms with E-state index in [1.54, 1.807) is 31.4 Å². The maximum atomic E-state index is 12.6. The average Bonchev–Trinajstić information content (AvgIpc) is 2.70. The Kier molecular flexibility index (Phi) is 6.83. The molecule has 0 saturated heterocycles. The van der Waals surface area contributed by atoms with Crippen molar-refractivity contribution < 1.29 is 19.4 Å². The summed E-state index contributed by atoms with van der Waals surface area (Å²) in [5.41, 5.74) is 0.193. The Bertz CT molecular complexity index is 856. The number of hydrogen-bond acceptors (Lipinski definition) is 5. The van der Waals surface area contributed by atoms with Gasteiger partial charge >= 0.3 is 5.97 Å². The average molecular weight is 418 g/mol. The molecule has 1 aliphatic carbocycles. The van der Waals surface area contributed by atoms with Crippen LogP contribution in [0.15, 0.2) is 48.5 Å². The van der Waals surface area contributed by atoms with Gasteiger partial charge in [0.1, 0.15) is 11.9 Å². The number of carbonyl (C=O) groups excluding carboxylic acids is 1. The first-order valence-corrected chi connectivity index (χ1v) is 10.2. The molecule has 156 valence electrons. The smallest absolute Gasteiger partial charge is 0.339 e. The summed E-state index contributed by atoms with van der Waals surface area (Å²) in [4.78, 5) is 14.6. The number of aliphatic hydroxyl groups is 1. The second kappa shape index (κ2) is 9.16. The lowest BCUT2D eigenvalue weighted by molar-refractivity contribution is -0.0960. The van der Waals surface area contributed by atoms with Crippen molar-refractivity contribution in [1.29, 1.82) is 0 Å². The van der Waals surface area contributed by atoms with E-state index in [1.165, 1.54) is 0 Å². The zero-order chi connectivity index (χ0) is 21.0. The summed E-state index contributed by atoms with van der Waals surface area (Å²) < 4.78 is 11.1. The van der Waals surface area contributed by atoms with E-state index < -0.39 is 11.6 Å². The predicted octanol–water partition coefficient (Wildman–Crippen LogP) is 4.12. The van der Waals surface area contributed by atoms with Crippen LogP contribution in [0.25, 0.3) is 0 Å². The lowest BCUT2D eigenvalue weighted by Gasteiger charge is -2.44. The van der Waals surface area contributed by atoms with Crippen molar-refractivity contribution >= 4 is 17.6 Å². The highest BCUT2D eigenvalue weighted by Gasteiger charge is 2.44. The molecule has 3 atom stereocenters. The van der Waals surface area contributed by atoms with Crippen molar-refractivity contribution in [3.05, 3.63) is 64.7 Å². The molecular formula is C23H28ClNO4. The topological polar surface area (TPSA) is 59.0 Å². The van der Waals surface area contributed by atoms with E-state index >= 15 is 0 Å². The van der Waals surface area contributed by atoms with Crippen molar-refractivity contribution in [2.75, 3.05) is 27.7 Å². The molecule has 6 heteroatoms. The lowest BCUT2D eigenvalue weighted by atomic mass is 9.70. The minimum Gasteiger partial charge on any atom is -0.497 e. The molecule has 0 aliphatic heterocycles. The molecule has 3 unspecified atom stereocenters. The van der Waals surface area contributed by atoms with Gasteiger partial charge in [0.25, 0.3) is 0 Å². The number of methoxy groups -OCH3 is 1. The maximum absolute atomic E-state index is 12.6. The predicted molar refractivity (Wildman–Crippen MR) is 113 cm³/mol. The van der Waals surface area contributed by atoms with Crippen LogP contribution in [0.2, 0.25) is 5.02 Å². The Morgan fingerprint density at radius 1 is 1.24 bits per heavy atom. The molecule has 5 nitrogen and oxygen atoms in total. The Morgan fingerprint density at radius 2 is 2.00 bits per heavy atom. The summed E-state index contributed by atoms with van der Waals surface area (Å²) in [7, 11) is 5.57. The fourth-order valence-electron chi connectivity index (χ4n) is 4.10. The molecule has 0 bridgehead atoms. The van der Waals surface area contributed by atoms with E-state index in [0.29, 0.717) is 42.1 Å². The molecule has 0 heterocycles. The molecule has 0 aromatic heterocycles. The number of hydrogen-bond donors (Lipinski definition) is 1. The molecule has 2 aromatic rings. The van der Waals surface area contributed by atoms with Crippen molar-refractivity contribution in [2.45, 2.75) is 31.0 Å². The molecule has 1 N–H and O–H groups in total. The maximum Gasteiger partial charge on any atom is 0.339 e. The first-order valence-electron chi connectivity index (χ1n) is 9.80.